The molecule has 31 heavy (non-hydrogen) atoms. The molecular weight excluding hydrogens is 432 g/mol. The third-order valence-electron chi connectivity index (χ3n) is 5.66. The highest BCUT2D eigenvalue weighted by molar-refractivity contribution is 7.91. The van der Waals surface area contributed by atoms with Crippen molar-refractivity contribution in [3.8, 4) is 16.9 Å². The van der Waals surface area contributed by atoms with Gasteiger partial charge in [0.25, 0.3) is 10.0 Å². The van der Waals surface area contributed by atoms with E-state index in [1.165, 1.54) is 11.3 Å². The molecule has 160 valence electrons. The number of pyridine rings is 1. The van der Waals surface area contributed by atoms with Gasteiger partial charge < -0.3 is 4.74 Å². The van der Waals surface area contributed by atoms with E-state index in [0.29, 0.717) is 30.1 Å². The van der Waals surface area contributed by atoms with Crippen LogP contribution >= 0.6 is 11.3 Å². The van der Waals surface area contributed by atoms with E-state index in [2.05, 4.69) is 0 Å². The van der Waals surface area contributed by atoms with E-state index in [4.69, 9.17) is 14.8 Å². The van der Waals surface area contributed by atoms with E-state index in [-0.39, 0.29) is 5.92 Å². The first-order chi connectivity index (χ1) is 15.0. The van der Waals surface area contributed by atoms with Gasteiger partial charge in [-0.25, -0.2) is 17.9 Å². The highest BCUT2D eigenvalue weighted by Crippen LogP contribution is 2.31. The Morgan fingerprint density at radius 2 is 1.90 bits per heavy atom. The van der Waals surface area contributed by atoms with E-state index >= 15 is 0 Å². The Balaban J connectivity index is 1.34. The molecular formula is C22H22N4O3S2. The van der Waals surface area contributed by atoms with Crippen molar-refractivity contribution in [2.45, 2.75) is 23.0 Å². The molecule has 0 amide bonds. The highest BCUT2D eigenvalue weighted by Gasteiger charge is 2.32. The minimum Gasteiger partial charge on any atom is -0.497 e. The predicted octanol–water partition coefficient (Wildman–Crippen LogP) is 4.03. The van der Waals surface area contributed by atoms with Gasteiger partial charge in [-0.05, 0) is 54.1 Å². The lowest BCUT2D eigenvalue weighted by atomic mass is 9.98. The fourth-order valence-corrected chi connectivity index (χ4v) is 6.55. The zero-order valence-corrected chi connectivity index (χ0v) is 18.6. The summed E-state index contributed by atoms with van der Waals surface area (Å²) < 4.78 is 34.6. The molecule has 0 atom stereocenters. The average Bonchev–Trinajstić information content (AvgIpc) is 3.49. The fourth-order valence-electron chi connectivity index (χ4n) is 3.94. The van der Waals surface area contributed by atoms with Gasteiger partial charge in [-0.2, -0.15) is 9.40 Å². The zero-order chi connectivity index (χ0) is 21.4. The van der Waals surface area contributed by atoms with Crippen molar-refractivity contribution in [1.82, 2.24) is 18.9 Å². The van der Waals surface area contributed by atoms with Crippen molar-refractivity contribution >= 4 is 27.0 Å². The molecule has 0 radical (unpaired) electrons. The van der Waals surface area contributed by atoms with Gasteiger partial charge in [0, 0.05) is 30.8 Å². The number of hydrogen-bond donors (Lipinski definition) is 0. The van der Waals surface area contributed by atoms with Crippen LogP contribution in [0, 0.1) is 0 Å². The van der Waals surface area contributed by atoms with E-state index in [9.17, 15) is 8.42 Å². The van der Waals surface area contributed by atoms with Gasteiger partial charge in [0.15, 0.2) is 11.5 Å². The molecule has 0 N–H and O–H groups in total. The number of thiophene rings is 1. The van der Waals surface area contributed by atoms with Gasteiger partial charge in [0.05, 0.1) is 7.11 Å². The Bertz CT molecular complexity index is 1310. The summed E-state index contributed by atoms with van der Waals surface area (Å²) >= 11 is 1.26. The van der Waals surface area contributed by atoms with Gasteiger partial charge in [0.1, 0.15) is 9.96 Å². The molecule has 1 aromatic carbocycles. The quantitative estimate of drug-likeness (QED) is 0.455. The summed E-state index contributed by atoms with van der Waals surface area (Å²) in [6.07, 6.45) is 3.39. The highest BCUT2D eigenvalue weighted by atomic mass is 32.2. The van der Waals surface area contributed by atoms with Crippen molar-refractivity contribution in [1.29, 1.82) is 0 Å². The molecule has 1 aliphatic rings. The molecule has 0 bridgehead atoms. The Kier molecular flexibility index (Phi) is 5.25. The summed E-state index contributed by atoms with van der Waals surface area (Å²) in [6.45, 7) is 0.963. The van der Waals surface area contributed by atoms with Gasteiger partial charge >= 0.3 is 0 Å². The number of benzene rings is 1. The van der Waals surface area contributed by atoms with Gasteiger partial charge in [-0.3, -0.25) is 0 Å². The van der Waals surface area contributed by atoms with E-state index < -0.39 is 10.0 Å². The maximum absolute atomic E-state index is 12.7. The van der Waals surface area contributed by atoms with Crippen LogP contribution in [-0.4, -0.2) is 47.5 Å². The lowest BCUT2D eigenvalue weighted by Crippen LogP contribution is -2.37. The topological polar surface area (TPSA) is 76.8 Å². The minimum atomic E-state index is -3.40. The number of fused-ring (bicyclic) bond motifs is 1. The maximum atomic E-state index is 12.7. The predicted molar refractivity (Wildman–Crippen MR) is 120 cm³/mol. The Morgan fingerprint density at radius 1 is 1.06 bits per heavy atom. The molecule has 0 aliphatic carbocycles. The van der Waals surface area contributed by atoms with Crippen molar-refractivity contribution in [3.63, 3.8) is 0 Å². The van der Waals surface area contributed by atoms with Crippen LogP contribution in [0.25, 0.3) is 16.8 Å². The number of nitrogens with zero attached hydrogens (tertiary/aromatic N) is 4. The molecule has 0 spiro atoms. The number of aromatic nitrogens is 3. The second-order valence-electron chi connectivity index (χ2n) is 7.53. The standard InChI is InChI=1S/C22H22N4O3S2/c1-29-19-5-2-4-17(14-19)18-7-8-20-23-22(24-26(20)15-18)16-9-11-25(12-10-16)31(27,28)21-6-3-13-30-21/h2-8,13-16H,9-12H2,1H3. The monoisotopic (exact) mass is 454 g/mol. The van der Waals surface area contributed by atoms with E-state index in [1.807, 2.05) is 42.6 Å². The van der Waals surface area contributed by atoms with Gasteiger partial charge in [-0.15, -0.1) is 11.3 Å². The summed E-state index contributed by atoms with van der Waals surface area (Å²) in [7, 11) is -1.74. The fraction of sp³-hybridized carbons (Fsp3) is 0.273. The summed E-state index contributed by atoms with van der Waals surface area (Å²) in [4.78, 5) is 4.70. The number of methoxy groups -OCH3 is 1. The molecule has 1 aliphatic heterocycles. The molecule has 9 heteroatoms. The second kappa shape index (κ2) is 8.07. The SMILES string of the molecule is COc1cccc(-c2ccc3nc(C4CCN(S(=O)(=O)c5cccs5)CC4)nn3c2)c1. The number of piperidine rings is 1. The molecule has 0 unspecified atom stereocenters. The smallest absolute Gasteiger partial charge is 0.252 e. The number of ether oxygens (including phenoxy) is 1. The largest absolute Gasteiger partial charge is 0.497 e. The molecule has 5 rings (SSSR count). The summed E-state index contributed by atoms with van der Waals surface area (Å²) in [5, 5.41) is 6.50. The Morgan fingerprint density at radius 3 is 2.65 bits per heavy atom. The summed E-state index contributed by atoms with van der Waals surface area (Å²) in [6, 6.07) is 15.3. The van der Waals surface area contributed by atoms with Crippen LogP contribution in [0.5, 0.6) is 5.75 Å². The first-order valence-corrected chi connectivity index (χ1v) is 12.4. The Hall–Kier alpha value is -2.75. The lowest BCUT2D eigenvalue weighted by Gasteiger charge is -2.29. The van der Waals surface area contributed by atoms with Crippen LogP contribution in [0.1, 0.15) is 24.6 Å². The lowest BCUT2D eigenvalue weighted by molar-refractivity contribution is 0.314. The van der Waals surface area contributed by atoms with Crippen molar-refractivity contribution in [2.75, 3.05) is 20.2 Å². The first-order valence-electron chi connectivity index (χ1n) is 10.1. The minimum absolute atomic E-state index is 0.148. The van der Waals surface area contributed by atoms with Crippen LogP contribution in [-0.2, 0) is 10.0 Å². The van der Waals surface area contributed by atoms with Crippen LogP contribution in [0.3, 0.4) is 0 Å². The number of rotatable bonds is 5. The third kappa shape index (κ3) is 3.84. The van der Waals surface area contributed by atoms with Crippen LogP contribution in [0.4, 0.5) is 0 Å². The van der Waals surface area contributed by atoms with Gasteiger partial charge in [0.2, 0.25) is 0 Å². The van der Waals surface area contributed by atoms with Crippen molar-refractivity contribution < 1.29 is 13.2 Å². The molecule has 4 aromatic rings. The molecule has 4 heterocycles. The van der Waals surface area contributed by atoms with E-state index in [1.54, 1.807) is 33.4 Å². The van der Waals surface area contributed by atoms with Crippen LogP contribution in [0.15, 0.2) is 64.3 Å². The Labute approximate surface area is 185 Å². The third-order valence-corrected chi connectivity index (χ3v) is 8.93. The maximum Gasteiger partial charge on any atom is 0.252 e. The molecule has 7 nitrogen and oxygen atoms in total. The molecule has 1 saturated heterocycles. The first kappa shape index (κ1) is 20.2. The second-order valence-corrected chi connectivity index (χ2v) is 10.6. The molecule has 1 fully saturated rings. The van der Waals surface area contributed by atoms with E-state index in [0.717, 1.165) is 28.3 Å². The van der Waals surface area contributed by atoms with Crippen molar-refractivity contribution in [2.24, 2.45) is 0 Å². The summed E-state index contributed by atoms with van der Waals surface area (Å²) in [5.74, 6) is 1.73. The van der Waals surface area contributed by atoms with Crippen molar-refractivity contribution in [3.05, 3.63) is 65.9 Å². The van der Waals surface area contributed by atoms with Crippen LogP contribution < -0.4 is 4.74 Å². The molecule has 0 saturated carbocycles. The number of hydrogen-bond acceptors (Lipinski definition) is 6. The summed E-state index contributed by atoms with van der Waals surface area (Å²) in [5.41, 5.74) is 2.86. The normalized spacial score (nSPS) is 16.0. The van der Waals surface area contributed by atoms with Gasteiger partial charge in [-0.1, -0.05) is 18.2 Å². The van der Waals surface area contributed by atoms with Crippen LogP contribution in [0.2, 0.25) is 0 Å². The number of sulfonamides is 1. The zero-order valence-electron chi connectivity index (χ0n) is 17.0. The average molecular weight is 455 g/mol. The molecule has 3 aromatic heterocycles.